The van der Waals surface area contributed by atoms with Gasteiger partial charge >= 0.3 is 37.5 Å². The van der Waals surface area contributed by atoms with E-state index in [9.17, 15) is 48.6 Å². The van der Waals surface area contributed by atoms with Crippen molar-refractivity contribution >= 4 is 75.7 Å². The van der Waals surface area contributed by atoms with Crippen molar-refractivity contribution in [1.29, 1.82) is 1.28 Å². The Morgan fingerprint density at radius 3 is 1.10 bits per heavy atom. The lowest BCUT2D eigenvalue weighted by Gasteiger charge is -2.33. The fraction of sp³-hybridized carbons (Fsp3) is 0.509. The highest BCUT2D eigenvalue weighted by Gasteiger charge is 2.51. The molecule has 0 aromatic heterocycles. The summed E-state index contributed by atoms with van der Waals surface area (Å²) in [6.07, 6.45) is 19.5. The Morgan fingerprint density at radius 2 is 0.776 bits per heavy atom. The van der Waals surface area contributed by atoms with Crippen LogP contribution in [0.1, 0.15) is 225 Å². The molecular formula is C114H144NO25P2S+. The number of ether oxygens (including phenoxy) is 14. The predicted octanol–water partition coefficient (Wildman–Crippen LogP) is 21.2. The molecule has 4 unspecified atom stereocenters. The predicted molar refractivity (Wildman–Crippen MR) is 548 cm³/mol. The SMILES string of the molecule is C.CC(=O)ON1C(=O)CCC1=O.CC[C@@H](CC[C@@H]1[C@H]2Cc3cccc(OCC(=O)OCc4ccccc4)c3C[C@H]2C[C@H]1O)OC1CCCCO1.CC[C@@H](CC[C@@H]1[C@H]2Cc3cccc(OCC(=O)OCc4ccccc4)c3C[C@H]2C[C@H]1OC(=O)OCc1ccccc1)OC1CCCCO1.CC[C@H](O)CC[C@@H]1[C@H]2Cc3cccc(OCC(=O)OCc4ccccc4)c3C[C@H]2C[C@H]1OC(=O)OCc1ccccc1.[3H][P+](P)=S. The van der Waals surface area contributed by atoms with Gasteiger partial charge in [-0.2, -0.15) is 0 Å². The van der Waals surface area contributed by atoms with Gasteiger partial charge in [0, 0.05) is 33.0 Å². The number of benzene rings is 8. The zero-order valence-corrected chi connectivity index (χ0v) is 84.9. The van der Waals surface area contributed by atoms with Gasteiger partial charge in [-0.25, -0.2) is 28.8 Å². The second-order valence-corrected chi connectivity index (χ2v) is 40.8. The van der Waals surface area contributed by atoms with Gasteiger partial charge in [-0.3, -0.25) is 9.59 Å². The molecule has 3 aliphatic heterocycles. The smallest absolute Gasteiger partial charge is 0.482 e. The number of carbonyl (C=O) groups excluding carboxylic acids is 8. The zero-order chi connectivity index (χ0) is 101. The standard InChI is InChI=1S/C40H48O8.C35H40O7.C32H42O6.C6H7NO4.CH4.H2P2S/c1-2-32(47-39-18-9-10-21-43-39)19-20-33-34-22-30-16-11-17-36(44-27-38(41)45-25-28-12-5-3-6-13-28)35(30)23-31(34)24-37(33)48-40(42)46-26-29-14-7-4-8-15-29;1-2-28(36)16-17-29-30-18-26-14-9-15-32(39-23-34(37)40-21-24-10-5-3-6-11-24)31(26)19-27(30)20-33(29)42-35(38)41-22-25-12-7-4-8-13-25;1-2-25(38-32-13-6-7-16-35-32)14-15-26-27-17-23-11-8-12-30(28(23)18-24(27)19-29(26)33)36-21-31(34)37-20-22-9-4-3-5-10-22;1-4(8)11-7-5(9)2-3-6(7)10;;1-2-3/h3-8,11-17,31-34,37,39H,2,9-10,18-27H2,1H3;3-15,27-30,33,36H,2,16-23H2,1H3;3-5,8-12,24-27,29,32-33H,2,6-7,13-21H2,1H3;2-3H2,1H3;1H4;1H2/p+1/t31-,32-,33+,34-,37+,39?;27-,28-,29+,30-,33+;24-,25-,26+,27-,29+,32?;;;/m000.../s1/i/hT. The number of hydrogen-bond acceptors (Lipinski definition) is 26. The van der Waals surface area contributed by atoms with Crippen LogP contribution in [0.3, 0.4) is 0 Å². The second kappa shape index (κ2) is 58.5. The molecule has 0 radical (unpaired) electrons. The van der Waals surface area contributed by atoms with E-state index in [2.05, 4.69) is 57.6 Å². The Hall–Kier alpha value is -10.6. The fourth-order valence-electron chi connectivity index (χ4n) is 21.5. The number of hydroxylamine groups is 2. The van der Waals surface area contributed by atoms with Crippen molar-refractivity contribution in [2.24, 2.45) is 53.3 Å². The highest BCUT2D eigenvalue weighted by atomic mass is 32.6. The third kappa shape index (κ3) is 34.3. The van der Waals surface area contributed by atoms with Crippen LogP contribution in [0.15, 0.2) is 206 Å². The van der Waals surface area contributed by atoms with E-state index in [4.69, 9.17) is 67.6 Å². The first-order valence-corrected chi connectivity index (χ1v) is 54.2. The van der Waals surface area contributed by atoms with Crippen LogP contribution in [0, 0.1) is 53.3 Å². The van der Waals surface area contributed by atoms with Gasteiger partial charge < -0.3 is 81.4 Å². The normalized spacial score (nSPS) is 23.2. The van der Waals surface area contributed by atoms with Gasteiger partial charge in [0.05, 0.1) is 33.3 Å². The largest absolute Gasteiger partial charge is 0.508 e. The number of rotatable bonds is 38. The van der Waals surface area contributed by atoms with Crippen LogP contribution in [0.4, 0.5) is 9.59 Å². The molecule has 6 aliphatic carbocycles. The van der Waals surface area contributed by atoms with E-state index in [0.29, 0.717) is 59.2 Å². The molecule has 17 rings (SSSR count). The van der Waals surface area contributed by atoms with Crippen molar-refractivity contribution in [3.05, 3.63) is 267 Å². The lowest BCUT2D eigenvalue weighted by Crippen LogP contribution is -2.31. The van der Waals surface area contributed by atoms with E-state index >= 15 is 0 Å². The summed E-state index contributed by atoms with van der Waals surface area (Å²) in [6.45, 7) is 8.74. The number of hydrogen-bond donors (Lipinski definition) is 2. The number of imide groups is 1. The number of esters is 3. The number of amides is 2. The lowest BCUT2D eigenvalue weighted by molar-refractivity contribution is -0.195. The molecule has 143 heavy (non-hydrogen) atoms. The summed E-state index contributed by atoms with van der Waals surface area (Å²) in [6, 6.07) is 66.2. The molecule has 9 aliphatic rings. The Labute approximate surface area is 852 Å². The Kier molecular flexibility index (Phi) is 44.9. The van der Waals surface area contributed by atoms with Gasteiger partial charge in [0.25, 0.3) is 11.8 Å². The van der Waals surface area contributed by atoms with E-state index in [-0.39, 0.29) is 146 Å². The van der Waals surface area contributed by atoms with E-state index in [1.807, 2.05) is 195 Å². The van der Waals surface area contributed by atoms with E-state index < -0.39 is 49.0 Å². The molecule has 29 heteroatoms. The molecule has 3 heterocycles. The van der Waals surface area contributed by atoms with Gasteiger partial charge in [0.15, 0.2) is 51.2 Å². The van der Waals surface area contributed by atoms with Crippen molar-refractivity contribution in [2.45, 2.75) is 284 Å². The highest BCUT2D eigenvalue weighted by Crippen LogP contribution is 2.53. The summed E-state index contributed by atoms with van der Waals surface area (Å²) in [5.41, 5.74) is 11.8. The van der Waals surface area contributed by atoms with Crippen LogP contribution in [-0.2, 0) is 169 Å². The molecule has 3 saturated carbocycles. The minimum atomic E-state index is -0.870. The average Bonchev–Trinajstić information content (AvgIpc) is 1.61. The highest BCUT2D eigenvalue weighted by molar-refractivity contribution is 8.24. The fourth-order valence-corrected chi connectivity index (χ4v) is 21.5. The Balaban J connectivity index is 0.000000179. The lowest BCUT2D eigenvalue weighted by atomic mass is 9.73. The number of nitrogens with zero attached hydrogens (tertiary/aromatic N) is 1. The average molecular weight is 2020 g/mol. The van der Waals surface area contributed by atoms with Crippen LogP contribution in [-0.4, -0.2) is 147 Å². The number of aliphatic hydroxyl groups is 2. The van der Waals surface area contributed by atoms with Crippen molar-refractivity contribution in [3.8, 4) is 17.2 Å². The molecule has 8 aromatic rings. The molecule has 3 saturated heterocycles. The van der Waals surface area contributed by atoms with E-state index in [1.54, 1.807) is 0 Å². The first kappa shape index (κ1) is 110. The van der Waals surface area contributed by atoms with Crippen LogP contribution < -0.4 is 14.2 Å². The maximum atomic E-state index is 13.0. The van der Waals surface area contributed by atoms with Crippen molar-refractivity contribution < 1.29 is 120 Å². The molecule has 2 N–H and O–H groups in total. The zero-order valence-electron chi connectivity index (χ0n) is 83.1. The molecule has 8 aromatic carbocycles. The van der Waals surface area contributed by atoms with E-state index in [0.717, 1.165) is 205 Å². The molecule has 26 nitrogen and oxygen atoms in total. The van der Waals surface area contributed by atoms with Crippen LogP contribution in [0.2, 0.25) is 0 Å². The summed E-state index contributed by atoms with van der Waals surface area (Å²) in [4.78, 5) is 99.1. The molecule has 0 bridgehead atoms. The summed E-state index contributed by atoms with van der Waals surface area (Å²) in [7, 11) is 2.20. The minimum absolute atomic E-state index is 0. The molecule has 19 atom stereocenters. The quantitative estimate of drug-likeness (QED) is 0.0157. The number of carbonyl (C=O) groups is 8. The molecule has 6 fully saturated rings. The topological polar surface area (TPSA) is 319 Å². The molecule has 2 amide bonds. The van der Waals surface area contributed by atoms with Gasteiger partial charge in [-0.05, 0) is 287 Å². The van der Waals surface area contributed by atoms with Crippen molar-refractivity contribution in [3.63, 3.8) is 0 Å². The third-order valence-corrected chi connectivity index (χ3v) is 28.7. The monoisotopic (exact) mass is 2020 g/mol. The van der Waals surface area contributed by atoms with Crippen LogP contribution in [0.5, 0.6) is 17.2 Å². The summed E-state index contributed by atoms with van der Waals surface area (Å²) in [5.74, 6) is 2.19. The first-order valence-electron chi connectivity index (χ1n) is 51.1. The number of fused-ring (bicyclic) bond motifs is 6. The molecule has 770 valence electrons. The maximum absolute atomic E-state index is 13.0. The van der Waals surface area contributed by atoms with Gasteiger partial charge in [0.2, 0.25) is 0 Å². The maximum Gasteiger partial charge on any atom is 0.508 e. The van der Waals surface area contributed by atoms with Gasteiger partial charge in [0.1, 0.15) is 62.5 Å². The van der Waals surface area contributed by atoms with Crippen molar-refractivity contribution in [2.75, 3.05) is 33.0 Å². The Bertz CT molecular complexity index is 5330. The molecular weight excluding hydrogens is 1880 g/mol. The third-order valence-electron chi connectivity index (χ3n) is 28.7. The van der Waals surface area contributed by atoms with Crippen molar-refractivity contribution in [1.82, 2.24) is 5.06 Å². The Morgan fingerprint density at radius 1 is 0.448 bits per heavy atom. The minimum Gasteiger partial charge on any atom is -0.482 e. The van der Waals surface area contributed by atoms with Crippen LogP contribution >= 0.6 is 15.9 Å². The first-order chi connectivity index (χ1) is 69.5. The number of aliphatic hydroxyl groups excluding tert-OH is 2. The summed E-state index contributed by atoms with van der Waals surface area (Å²) in [5, 5.41) is 21.9. The van der Waals surface area contributed by atoms with E-state index in [1.165, 1.54) is 28.7 Å². The van der Waals surface area contributed by atoms with Gasteiger partial charge in [-0.15, -0.1) is 5.06 Å². The van der Waals surface area contributed by atoms with Gasteiger partial charge in [-0.1, -0.05) is 216 Å². The second-order valence-electron chi connectivity index (χ2n) is 38.1. The molecule has 0 spiro atoms. The summed E-state index contributed by atoms with van der Waals surface area (Å²) >= 11 is 4.31. The summed E-state index contributed by atoms with van der Waals surface area (Å²) < 4.78 is 88.0. The van der Waals surface area contributed by atoms with Crippen LogP contribution in [0.25, 0.3) is 0 Å².